The molecule has 2 heterocycles. The highest BCUT2D eigenvalue weighted by Gasteiger charge is 2.19. The van der Waals surface area contributed by atoms with Crippen LogP contribution < -0.4 is 10.1 Å². The third kappa shape index (κ3) is 3.02. The fraction of sp³-hybridized carbons (Fsp3) is 0.0556. The van der Waals surface area contributed by atoms with Gasteiger partial charge in [-0.05, 0) is 24.3 Å². The first-order valence-corrected chi connectivity index (χ1v) is 8.81. The Bertz CT molecular complexity index is 1110. The van der Waals surface area contributed by atoms with Gasteiger partial charge < -0.3 is 9.15 Å². The number of amides is 1. The van der Waals surface area contributed by atoms with E-state index in [0.717, 1.165) is 10.1 Å². The van der Waals surface area contributed by atoms with Gasteiger partial charge in [-0.25, -0.2) is 0 Å². The van der Waals surface area contributed by atoms with Crippen LogP contribution in [0.3, 0.4) is 0 Å². The summed E-state index contributed by atoms with van der Waals surface area (Å²) in [5.41, 5.74) is 0.692. The maximum absolute atomic E-state index is 12.5. The van der Waals surface area contributed by atoms with Crippen LogP contribution in [0, 0.1) is 0 Å². The third-order valence-corrected chi connectivity index (χ3v) is 5.38. The lowest BCUT2D eigenvalue weighted by atomic mass is 10.2. The fourth-order valence-corrected chi connectivity index (χ4v) is 3.87. The molecule has 26 heavy (non-hydrogen) atoms. The van der Waals surface area contributed by atoms with Crippen molar-refractivity contribution >= 4 is 44.9 Å². The van der Waals surface area contributed by atoms with Crippen LogP contribution >= 0.6 is 22.9 Å². The second-order valence-corrected chi connectivity index (χ2v) is 6.77. The topological polar surface area (TPSA) is 77.3 Å². The van der Waals surface area contributed by atoms with Crippen LogP contribution in [-0.4, -0.2) is 23.2 Å². The van der Waals surface area contributed by atoms with Crippen LogP contribution in [0.15, 0.2) is 52.9 Å². The van der Waals surface area contributed by atoms with Gasteiger partial charge in [-0.1, -0.05) is 41.0 Å². The minimum absolute atomic E-state index is 0.00124. The average molecular weight is 386 g/mol. The molecule has 1 amide bonds. The molecule has 1 N–H and O–H groups in total. The van der Waals surface area contributed by atoms with Crippen LogP contribution in [0.4, 0.5) is 6.01 Å². The molecule has 0 aliphatic carbocycles. The van der Waals surface area contributed by atoms with Gasteiger partial charge in [0.25, 0.3) is 5.91 Å². The Labute approximate surface area is 157 Å². The molecule has 0 aliphatic rings. The predicted molar refractivity (Wildman–Crippen MR) is 101 cm³/mol. The molecular weight excluding hydrogens is 374 g/mol. The number of halogens is 1. The summed E-state index contributed by atoms with van der Waals surface area (Å²) < 4.78 is 11.6. The van der Waals surface area contributed by atoms with E-state index in [1.165, 1.54) is 11.3 Å². The highest BCUT2D eigenvalue weighted by Crippen LogP contribution is 2.35. The van der Waals surface area contributed by atoms with Crippen molar-refractivity contribution in [3.8, 4) is 17.2 Å². The number of carbonyl (C=O) groups is 1. The van der Waals surface area contributed by atoms with Crippen molar-refractivity contribution in [2.24, 2.45) is 0 Å². The maximum Gasteiger partial charge on any atom is 0.322 e. The number of nitrogens with one attached hydrogen (secondary N) is 1. The van der Waals surface area contributed by atoms with E-state index in [9.17, 15) is 4.79 Å². The van der Waals surface area contributed by atoms with Crippen LogP contribution in [0.5, 0.6) is 5.75 Å². The predicted octanol–water partition coefficient (Wildman–Crippen LogP) is 4.87. The Morgan fingerprint density at radius 2 is 2.04 bits per heavy atom. The van der Waals surface area contributed by atoms with E-state index in [0.29, 0.717) is 21.2 Å². The monoisotopic (exact) mass is 385 g/mol. The van der Waals surface area contributed by atoms with Crippen molar-refractivity contribution in [1.82, 2.24) is 10.2 Å². The van der Waals surface area contributed by atoms with E-state index >= 15 is 0 Å². The van der Waals surface area contributed by atoms with Crippen molar-refractivity contribution in [2.75, 3.05) is 12.4 Å². The number of methoxy groups -OCH3 is 1. The van der Waals surface area contributed by atoms with Crippen molar-refractivity contribution in [2.45, 2.75) is 0 Å². The number of hydrogen-bond donors (Lipinski definition) is 1. The molecule has 6 nitrogen and oxygen atoms in total. The van der Waals surface area contributed by atoms with Gasteiger partial charge >= 0.3 is 6.01 Å². The number of fused-ring (bicyclic) bond motifs is 1. The standard InChI is InChI=1S/C18H12ClN3O3S/c1-24-11-6-4-5-10(9-11)17-21-22-18(25-17)20-16(23)15-14(19)12-7-2-3-8-13(12)26-15/h2-9H,1H3,(H,20,22,23). The molecule has 0 unspecified atom stereocenters. The van der Waals surface area contributed by atoms with Crippen LogP contribution in [0.25, 0.3) is 21.5 Å². The number of benzene rings is 2. The van der Waals surface area contributed by atoms with Crippen molar-refractivity contribution in [1.29, 1.82) is 0 Å². The molecule has 0 saturated carbocycles. The Morgan fingerprint density at radius 1 is 1.19 bits per heavy atom. The Hall–Kier alpha value is -2.90. The molecular formula is C18H12ClN3O3S. The number of thiophene rings is 1. The number of rotatable bonds is 4. The number of nitrogens with zero attached hydrogens (tertiary/aromatic N) is 2. The van der Waals surface area contributed by atoms with Gasteiger partial charge in [0.1, 0.15) is 10.6 Å². The van der Waals surface area contributed by atoms with Crippen LogP contribution in [0.1, 0.15) is 9.67 Å². The normalized spacial score (nSPS) is 10.8. The fourth-order valence-electron chi connectivity index (χ4n) is 2.46. The largest absolute Gasteiger partial charge is 0.497 e. The third-order valence-electron chi connectivity index (χ3n) is 3.70. The molecule has 0 saturated heterocycles. The summed E-state index contributed by atoms with van der Waals surface area (Å²) in [6.45, 7) is 0. The summed E-state index contributed by atoms with van der Waals surface area (Å²) in [5, 5.41) is 11.7. The Kier molecular flexibility index (Phi) is 4.32. The van der Waals surface area contributed by atoms with Crippen molar-refractivity contribution in [3.63, 3.8) is 0 Å². The van der Waals surface area contributed by atoms with Gasteiger partial charge in [0.15, 0.2) is 0 Å². The van der Waals surface area contributed by atoms with Gasteiger partial charge in [0, 0.05) is 15.6 Å². The lowest BCUT2D eigenvalue weighted by Crippen LogP contribution is -2.10. The van der Waals surface area contributed by atoms with Crippen molar-refractivity contribution < 1.29 is 13.9 Å². The van der Waals surface area contributed by atoms with Crippen molar-refractivity contribution in [3.05, 3.63) is 58.4 Å². The molecule has 0 spiro atoms. The smallest absolute Gasteiger partial charge is 0.322 e. The zero-order chi connectivity index (χ0) is 18.1. The first-order chi connectivity index (χ1) is 12.7. The molecule has 0 fully saturated rings. The first kappa shape index (κ1) is 16.6. The number of aromatic nitrogens is 2. The average Bonchev–Trinajstić information content (AvgIpc) is 3.27. The minimum atomic E-state index is -0.392. The summed E-state index contributed by atoms with van der Waals surface area (Å²) in [7, 11) is 1.58. The van der Waals surface area contributed by atoms with E-state index in [1.807, 2.05) is 42.5 Å². The summed E-state index contributed by atoms with van der Waals surface area (Å²) in [6, 6.07) is 14.8. The molecule has 0 radical (unpaired) electrons. The van der Waals surface area contributed by atoms with Gasteiger partial charge in [-0.2, -0.15) is 0 Å². The second-order valence-electron chi connectivity index (χ2n) is 5.34. The summed E-state index contributed by atoms with van der Waals surface area (Å²) >= 11 is 7.63. The molecule has 2 aromatic heterocycles. The lowest BCUT2D eigenvalue weighted by molar-refractivity contribution is 0.102. The first-order valence-electron chi connectivity index (χ1n) is 7.62. The maximum atomic E-state index is 12.5. The zero-order valence-electron chi connectivity index (χ0n) is 13.5. The van der Waals surface area contributed by atoms with E-state index in [4.69, 9.17) is 20.8 Å². The SMILES string of the molecule is COc1cccc(-c2nnc(NC(=O)c3sc4ccccc4c3Cl)o2)c1. The summed E-state index contributed by atoms with van der Waals surface area (Å²) in [4.78, 5) is 12.9. The Balaban J connectivity index is 1.58. The number of carbonyl (C=O) groups excluding carboxylic acids is 1. The number of anilines is 1. The molecule has 130 valence electrons. The van der Waals surface area contributed by atoms with Gasteiger partial charge in [-0.15, -0.1) is 16.4 Å². The molecule has 0 atom stereocenters. The quantitative estimate of drug-likeness (QED) is 0.542. The molecule has 0 bridgehead atoms. The van der Waals surface area contributed by atoms with Gasteiger partial charge in [0.05, 0.1) is 12.1 Å². The minimum Gasteiger partial charge on any atom is -0.497 e. The Morgan fingerprint density at radius 3 is 2.85 bits per heavy atom. The molecule has 8 heteroatoms. The number of hydrogen-bond acceptors (Lipinski definition) is 6. The molecule has 4 rings (SSSR count). The number of ether oxygens (including phenoxy) is 1. The molecule has 4 aromatic rings. The summed E-state index contributed by atoms with van der Waals surface area (Å²) in [6.07, 6.45) is 0. The van der Waals surface area contributed by atoms with E-state index in [1.54, 1.807) is 13.2 Å². The summed E-state index contributed by atoms with van der Waals surface area (Å²) in [5.74, 6) is 0.557. The highest BCUT2D eigenvalue weighted by atomic mass is 35.5. The lowest BCUT2D eigenvalue weighted by Gasteiger charge is -2.00. The second kappa shape index (κ2) is 6.78. The van der Waals surface area contributed by atoms with Gasteiger partial charge in [0.2, 0.25) is 5.89 Å². The molecule has 2 aromatic carbocycles. The van der Waals surface area contributed by atoms with E-state index in [2.05, 4.69) is 15.5 Å². The molecule has 0 aliphatic heterocycles. The van der Waals surface area contributed by atoms with Crippen LogP contribution in [0.2, 0.25) is 5.02 Å². The van der Waals surface area contributed by atoms with E-state index < -0.39 is 5.91 Å². The van der Waals surface area contributed by atoms with Gasteiger partial charge in [-0.3, -0.25) is 10.1 Å². The highest BCUT2D eigenvalue weighted by molar-refractivity contribution is 7.21. The van der Waals surface area contributed by atoms with E-state index in [-0.39, 0.29) is 11.9 Å². The van der Waals surface area contributed by atoms with Crippen LogP contribution in [-0.2, 0) is 0 Å². The zero-order valence-corrected chi connectivity index (χ0v) is 15.1.